The molecule has 0 fully saturated rings. The second kappa shape index (κ2) is 12.8. The third-order valence-electron chi connectivity index (χ3n) is 12.8. The minimum atomic E-state index is 0.0640. The SMILES string of the molecule is c1ccc(-c2cc(-c3ccc4oc5ccc6ccccc6c5c4c3)nc(-n3c4cccc5c4c4c6c(cccc6ccc43)C(c3ccccc3)C5c3ccccc3)n2)cc1. The average molecular weight is 766 g/mol. The molecule has 12 aromatic rings. The van der Waals surface area contributed by atoms with Gasteiger partial charge in [-0.1, -0.05) is 158 Å². The summed E-state index contributed by atoms with van der Waals surface area (Å²) in [5.74, 6) is 0.804. The van der Waals surface area contributed by atoms with E-state index < -0.39 is 0 Å². The molecule has 60 heavy (non-hydrogen) atoms. The van der Waals surface area contributed by atoms with Crippen molar-refractivity contribution in [3.05, 3.63) is 222 Å². The van der Waals surface area contributed by atoms with Gasteiger partial charge >= 0.3 is 0 Å². The van der Waals surface area contributed by atoms with Crippen molar-refractivity contribution in [3.8, 4) is 28.5 Å². The van der Waals surface area contributed by atoms with Crippen LogP contribution in [0.15, 0.2) is 205 Å². The number of hydrogen-bond acceptors (Lipinski definition) is 3. The summed E-state index contributed by atoms with van der Waals surface area (Å²) >= 11 is 0. The molecule has 2 unspecified atom stereocenters. The molecule has 4 heteroatoms. The van der Waals surface area contributed by atoms with Crippen LogP contribution in [0.3, 0.4) is 0 Å². The van der Waals surface area contributed by atoms with Gasteiger partial charge in [0.1, 0.15) is 11.2 Å². The summed E-state index contributed by atoms with van der Waals surface area (Å²) in [7, 11) is 0. The maximum absolute atomic E-state index is 6.42. The first-order chi connectivity index (χ1) is 29.8. The van der Waals surface area contributed by atoms with Crippen LogP contribution >= 0.6 is 0 Å². The van der Waals surface area contributed by atoms with E-state index in [1.807, 2.05) is 0 Å². The fraction of sp³-hybridized carbons (Fsp3) is 0.0357. The first-order valence-electron chi connectivity index (χ1n) is 20.6. The molecular formula is C56H35N3O. The van der Waals surface area contributed by atoms with Crippen molar-refractivity contribution in [2.24, 2.45) is 0 Å². The van der Waals surface area contributed by atoms with Crippen LogP contribution in [0, 0.1) is 0 Å². The number of furan rings is 1. The number of aromatic nitrogens is 3. The molecule has 0 aliphatic heterocycles. The van der Waals surface area contributed by atoms with E-state index in [-0.39, 0.29) is 11.8 Å². The van der Waals surface area contributed by atoms with Crippen LogP contribution < -0.4 is 0 Å². The largest absolute Gasteiger partial charge is 0.456 e. The lowest BCUT2D eigenvalue weighted by Crippen LogP contribution is -2.14. The van der Waals surface area contributed by atoms with Gasteiger partial charge in [0.2, 0.25) is 5.95 Å². The van der Waals surface area contributed by atoms with Crippen molar-refractivity contribution in [3.63, 3.8) is 0 Å². The molecule has 13 rings (SSSR count). The van der Waals surface area contributed by atoms with E-state index in [9.17, 15) is 0 Å². The molecule has 3 heterocycles. The van der Waals surface area contributed by atoms with Gasteiger partial charge < -0.3 is 4.42 Å². The van der Waals surface area contributed by atoms with Crippen LogP contribution in [0.1, 0.15) is 34.1 Å². The molecule has 2 atom stereocenters. The van der Waals surface area contributed by atoms with E-state index in [0.717, 1.165) is 55.5 Å². The fourth-order valence-electron chi connectivity index (χ4n) is 10.3. The molecule has 0 saturated carbocycles. The Kier molecular flexibility index (Phi) is 7.10. The Morgan fingerprint density at radius 3 is 1.75 bits per heavy atom. The molecule has 1 aliphatic rings. The number of benzene rings is 9. The fourth-order valence-corrected chi connectivity index (χ4v) is 10.3. The number of nitrogens with zero attached hydrogens (tertiary/aromatic N) is 3. The molecule has 280 valence electrons. The Labute approximate surface area is 345 Å². The van der Waals surface area contributed by atoms with Gasteiger partial charge in [-0.15, -0.1) is 0 Å². The van der Waals surface area contributed by atoms with E-state index in [0.29, 0.717) is 5.95 Å². The Bertz CT molecular complexity index is 3660. The van der Waals surface area contributed by atoms with Crippen LogP contribution in [0.25, 0.3) is 93.8 Å². The van der Waals surface area contributed by atoms with Crippen molar-refractivity contribution in [2.75, 3.05) is 0 Å². The van der Waals surface area contributed by atoms with E-state index in [2.05, 4.69) is 205 Å². The molecule has 0 N–H and O–H groups in total. The number of hydrogen-bond donors (Lipinski definition) is 0. The molecule has 0 bridgehead atoms. The Morgan fingerprint density at radius 2 is 0.983 bits per heavy atom. The van der Waals surface area contributed by atoms with Crippen LogP contribution in [0.2, 0.25) is 0 Å². The molecule has 1 aliphatic carbocycles. The highest BCUT2D eigenvalue weighted by molar-refractivity contribution is 6.24. The standard InChI is InChI=1S/C56H35N3O/c1-4-15-35(16-5-1)44-33-45(39-28-30-48-43(32-39)53-40-22-11-10-14-34(40)27-31-49(53)60-48)58-56(57-44)59-46-25-13-24-42-51(37-19-8-3-9-20-37)50(36-17-6-2-7-18-36)41-23-12-21-38-26-29-47(59)55(52(38)41)54(42)46/h1-33,50-51H. The van der Waals surface area contributed by atoms with Crippen molar-refractivity contribution in [1.82, 2.24) is 14.5 Å². The Balaban J connectivity index is 1.12. The highest BCUT2D eigenvalue weighted by Gasteiger charge is 2.35. The lowest BCUT2D eigenvalue weighted by atomic mass is 9.73. The molecular weight excluding hydrogens is 731 g/mol. The zero-order valence-electron chi connectivity index (χ0n) is 32.5. The van der Waals surface area contributed by atoms with Crippen LogP contribution in [-0.4, -0.2) is 14.5 Å². The molecule has 0 radical (unpaired) electrons. The molecule has 0 amide bonds. The Morgan fingerprint density at radius 1 is 0.383 bits per heavy atom. The van der Waals surface area contributed by atoms with Gasteiger partial charge in [-0.3, -0.25) is 4.57 Å². The maximum Gasteiger partial charge on any atom is 0.235 e. The first kappa shape index (κ1) is 33.2. The van der Waals surface area contributed by atoms with Gasteiger partial charge in [0.05, 0.1) is 22.4 Å². The number of rotatable bonds is 5. The van der Waals surface area contributed by atoms with E-state index in [1.165, 1.54) is 54.6 Å². The van der Waals surface area contributed by atoms with Crippen molar-refractivity contribution >= 4 is 65.3 Å². The summed E-state index contributed by atoms with van der Waals surface area (Å²) in [6, 6.07) is 72.1. The molecule has 4 nitrogen and oxygen atoms in total. The van der Waals surface area contributed by atoms with Gasteiger partial charge in [0.25, 0.3) is 0 Å². The average Bonchev–Trinajstić information content (AvgIpc) is 3.83. The predicted molar refractivity (Wildman–Crippen MR) is 246 cm³/mol. The second-order valence-electron chi connectivity index (χ2n) is 16.0. The molecule has 9 aromatic carbocycles. The summed E-state index contributed by atoms with van der Waals surface area (Å²) in [6.07, 6.45) is 0. The van der Waals surface area contributed by atoms with E-state index in [1.54, 1.807) is 0 Å². The van der Waals surface area contributed by atoms with Crippen LogP contribution in [0.5, 0.6) is 0 Å². The summed E-state index contributed by atoms with van der Waals surface area (Å²) in [4.78, 5) is 11.0. The first-order valence-corrected chi connectivity index (χ1v) is 20.6. The Hall–Kier alpha value is -7.82. The zero-order valence-corrected chi connectivity index (χ0v) is 32.5. The lowest BCUT2D eigenvalue weighted by Gasteiger charge is -2.29. The summed E-state index contributed by atoms with van der Waals surface area (Å²) in [5.41, 5.74) is 12.9. The predicted octanol–water partition coefficient (Wildman–Crippen LogP) is 14.4. The summed E-state index contributed by atoms with van der Waals surface area (Å²) < 4.78 is 8.73. The van der Waals surface area contributed by atoms with Crippen LogP contribution in [0.4, 0.5) is 0 Å². The van der Waals surface area contributed by atoms with Crippen LogP contribution in [-0.2, 0) is 0 Å². The highest BCUT2D eigenvalue weighted by Crippen LogP contribution is 2.53. The van der Waals surface area contributed by atoms with Gasteiger partial charge in [-0.25, -0.2) is 9.97 Å². The minimum Gasteiger partial charge on any atom is -0.456 e. The third-order valence-corrected chi connectivity index (χ3v) is 12.8. The zero-order chi connectivity index (χ0) is 39.3. The lowest BCUT2D eigenvalue weighted by molar-refractivity contribution is 0.669. The van der Waals surface area contributed by atoms with E-state index in [4.69, 9.17) is 14.4 Å². The van der Waals surface area contributed by atoms with Crippen molar-refractivity contribution in [2.45, 2.75) is 11.8 Å². The van der Waals surface area contributed by atoms with Gasteiger partial charge in [0.15, 0.2) is 0 Å². The molecule has 3 aromatic heterocycles. The summed E-state index contributed by atoms with van der Waals surface area (Å²) in [6.45, 7) is 0. The molecule has 0 spiro atoms. The van der Waals surface area contributed by atoms with Gasteiger partial charge in [-0.2, -0.15) is 0 Å². The summed E-state index contributed by atoms with van der Waals surface area (Å²) in [5, 5.41) is 9.59. The maximum atomic E-state index is 6.42. The van der Waals surface area contributed by atoms with E-state index >= 15 is 0 Å². The molecule has 0 saturated heterocycles. The quantitative estimate of drug-likeness (QED) is 0.175. The minimum absolute atomic E-state index is 0.0640. The van der Waals surface area contributed by atoms with Gasteiger partial charge in [-0.05, 0) is 86.3 Å². The second-order valence-corrected chi connectivity index (χ2v) is 16.0. The number of fused-ring (bicyclic) bond motifs is 5. The monoisotopic (exact) mass is 765 g/mol. The van der Waals surface area contributed by atoms with Crippen molar-refractivity contribution in [1.29, 1.82) is 0 Å². The topological polar surface area (TPSA) is 43.9 Å². The van der Waals surface area contributed by atoms with Crippen molar-refractivity contribution < 1.29 is 4.42 Å². The third kappa shape index (κ3) is 4.85. The van der Waals surface area contributed by atoms with Gasteiger partial charge in [0, 0.05) is 44.5 Å². The normalized spacial score (nSPS) is 15.0. The highest BCUT2D eigenvalue weighted by atomic mass is 16.3. The smallest absolute Gasteiger partial charge is 0.235 e.